The summed E-state index contributed by atoms with van der Waals surface area (Å²) in [4.78, 5) is 12.8. The van der Waals surface area contributed by atoms with Gasteiger partial charge in [0.1, 0.15) is 11.3 Å². The van der Waals surface area contributed by atoms with E-state index < -0.39 is 5.97 Å². The molecule has 2 aromatic rings. The lowest BCUT2D eigenvalue weighted by Gasteiger charge is -2.03. The Balaban J connectivity index is 2.22. The van der Waals surface area contributed by atoms with Crippen LogP contribution in [0.2, 0.25) is 0 Å². The first-order valence-corrected chi connectivity index (χ1v) is 6.92. The number of carbonyl (C=O) groups is 1. The van der Waals surface area contributed by atoms with E-state index >= 15 is 0 Å². The molecule has 2 rings (SSSR count). The highest BCUT2D eigenvalue weighted by atomic mass is 32.2. The van der Waals surface area contributed by atoms with Gasteiger partial charge in [0.05, 0.1) is 19.4 Å². The molecule has 0 aliphatic rings. The molecule has 20 heavy (non-hydrogen) atoms. The van der Waals surface area contributed by atoms with E-state index in [1.165, 1.54) is 11.8 Å². The number of methoxy groups -OCH3 is 1. The third kappa shape index (κ3) is 3.14. The Hall–Kier alpha value is -1.95. The highest BCUT2D eigenvalue weighted by Gasteiger charge is 2.22. The predicted molar refractivity (Wildman–Crippen MR) is 74.3 cm³/mol. The molecule has 1 aromatic carbocycles. The van der Waals surface area contributed by atoms with Crippen LogP contribution in [0.25, 0.3) is 0 Å². The van der Waals surface area contributed by atoms with Crippen LogP contribution in [0.15, 0.2) is 38.8 Å². The predicted octanol–water partition coefficient (Wildman–Crippen LogP) is 3.32. The van der Waals surface area contributed by atoms with Crippen molar-refractivity contribution >= 4 is 17.7 Å². The Labute approximate surface area is 121 Å². The number of rotatable bonds is 5. The van der Waals surface area contributed by atoms with Gasteiger partial charge in [-0.1, -0.05) is 5.16 Å². The van der Waals surface area contributed by atoms with Crippen LogP contribution in [0.3, 0.4) is 0 Å². The Kier molecular flexibility index (Phi) is 4.68. The third-order valence-electron chi connectivity index (χ3n) is 2.58. The Morgan fingerprint density at radius 3 is 2.65 bits per heavy atom. The molecule has 1 heterocycles. The normalized spacial score (nSPS) is 10.3. The van der Waals surface area contributed by atoms with E-state index in [4.69, 9.17) is 14.0 Å². The molecular formula is C14H15NO4S. The Bertz CT molecular complexity index is 592. The zero-order chi connectivity index (χ0) is 14.5. The van der Waals surface area contributed by atoms with Crippen molar-refractivity contribution in [3.05, 3.63) is 35.5 Å². The molecule has 0 amide bonds. The summed E-state index contributed by atoms with van der Waals surface area (Å²) in [5.41, 5.74) is 0.909. The molecule has 0 spiro atoms. The van der Waals surface area contributed by atoms with Crippen LogP contribution in [0, 0.1) is 6.92 Å². The van der Waals surface area contributed by atoms with E-state index in [0.717, 1.165) is 10.6 Å². The van der Waals surface area contributed by atoms with E-state index in [1.54, 1.807) is 21.0 Å². The van der Waals surface area contributed by atoms with Crippen molar-refractivity contribution in [2.45, 2.75) is 23.8 Å². The van der Waals surface area contributed by atoms with Gasteiger partial charge in [-0.3, -0.25) is 0 Å². The van der Waals surface area contributed by atoms with E-state index in [1.807, 2.05) is 24.3 Å². The molecule has 0 aliphatic carbocycles. The molecule has 0 aliphatic heterocycles. The third-order valence-corrected chi connectivity index (χ3v) is 3.55. The quantitative estimate of drug-likeness (QED) is 0.788. The van der Waals surface area contributed by atoms with Gasteiger partial charge in [0.15, 0.2) is 0 Å². The maximum absolute atomic E-state index is 11.9. The summed E-state index contributed by atoms with van der Waals surface area (Å²) in [5.74, 6) is 0.357. The van der Waals surface area contributed by atoms with E-state index in [9.17, 15) is 4.79 Å². The van der Waals surface area contributed by atoms with Gasteiger partial charge in [-0.15, -0.1) is 0 Å². The minimum absolute atomic E-state index is 0.316. The van der Waals surface area contributed by atoms with Gasteiger partial charge in [-0.2, -0.15) is 0 Å². The van der Waals surface area contributed by atoms with Gasteiger partial charge < -0.3 is 14.0 Å². The van der Waals surface area contributed by atoms with E-state index in [-0.39, 0.29) is 0 Å². The lowest BCUT2D eigenvalue weighted by Crippen LogP contribution is -2.06. The summed E-state index contributed by atoms with van der Waals surface area (Å²) in [7, 11) is 1.61. The monoisotopic (exact) mass is 293 g/mol. The van der Waals surface area contributed by atoms with Crippen LogP contribution < -0.4 is 4.74 Å². The number of hydrogen-bond donors (Lipinski definition) is 0. The molecule has 0 unspecified atom stereocenters. The van der Waals surface area contributed by atoms with Crippen molar-refractivity contribution in [3.8, 4) is 5.75 Å². The molecule has 5 nitrogen and oxygen atoms in total. The second-order valence-corrected chi connectivity index (χ2v) is 4.97. The lowest BCUT2D eigenvalue weighted by atomic mass is 10.3. The number of hydrogen-bond acceptors (Lipinski definition) is 6. The van der Waals surface area contributed by atoms with Crippen LogP contribution in [0.5, 0.6) is 5.75 Å². The standard InChI is InChI=1S/C14H15NO4S/c1-4-18-13(16)12-9(2)15-19-14(12)20-11-7-5-10(17-3)6-8-11/h5-8H,4H2,1-3H3. The minimum Gasteiger partial charge on any atom is -0.497 e. The average Bonchev–Trinajstić information content (AvgIpc) is 2.81. The molecule has 0 saturated heterocycles. The largest absolute Gasteiger partial charge is 0.497 e. The number of nitrogens with zero attached hydrogens (tertiary/aromatic N) is 1. The maximum atomic E-state index is 11.9. The number of aromatic nitrogens is 1. The molecule has 0 saturated carbocycles. The molecular weight excluding hydrogens is 278 g/mol. The van der Waals surface area contributed by atoms with Crippen molar-refractivity contribution in [1.82, 2.24) is 5.16 Å². The highest BCUT2D eigenvalue weighted by Crippen LogP contribution is 2.33. The molecule has 0 radical (unpaired) electrons. The molecule has 0 fully saturated rings. The van der Waals surface area contributed by atoms with Gasteiger partial charge >= 0.3 is 5.97 Å². The summed E-state index contributed by atoms with van der Waals surface area (Å²) in [6.45, 7) is 3.79. The van der Waals surface area contributed by atoms with Crippen molar-refractivity contribution < 1.29 is 18.8 Å². The van der Waals surface area contributed by atoms with E-state index in [2.05, 4.69) is 5.16 Å². The van der Waals surface area contributed by atoms with Crippen molar-refractivity contribution in [2.75, 3.05) is 13.7 Å². The summed E-state index contributed by atoms with van der Waals surface area (Å²) >= 11 is 1.32. The molecule has 1 aromatic heterocycles. The number of carbonyl (C=O) groups excluding carboxylic acids is 1. The fourth-order valence-electron chi connectivity index (χ4n) is 1.60. The number of aryl methyl sites for hydroxylation is 1. The summed E-state index contributed by atoms with van der Waals surface area (Å²) in [6.07, 6.45) is 0. The SMILES string of the molecule is CCOC(=O)c1c(C)noc1Sc1ccc(OC)cc1. The minimum atomic E-state index is -0.415. The zero-order valence-corrected chi connectivity index (χ0v) is 12.3. The van der Waals surface area contributed by atoms with Gasteiger partial charge in [-0.05, 0) is 49.9 Å². The van der Waals surface area contributed by atoms with Crippen LogP contribution in [-0.2, 0) is 4.74 Å². The smallest absolute Gasteiger partial charge is 0.344 e. The van der Waals surface area contributed by atoms with Crippen molar-refractivity contribution in [3.63, 3.8) is 0 Å². The van der Waals surface area contributed by atoms with Crippen molar-refractivity contribution in [1.29, 1.82) is 0 Å². The van der Waals surface area contributed by atoms with E-state index in [0.29, 0.717) is 23.0 Å². The topological polar surface area (TPSA) is 61.6 Å². The average molecular weight is 293 g/mol. The van der Waals surface area contributed by atoms with Crippen LogP contribution in [-0.4, -0.2) is 24.8 Å². The Morgan fingerprint density at radius 2 is 2.05 bits per heavy atom. The fourth-order valence-corrected chi connectivity index (χ4v) is 2.50. The van der Waals surface area contributed by atoms with Gasteiger partial charge in [0.25, 0.3) is 0 Å². The lowest BCUT2D eigenvalue weighted by molar-refractivity contribution is 0.0518. The summed E-state index contributed by atoms with van der Waals surface area (Å²) < 4.78 is 15.3. The number of benzene rings is 1. The molecule has 0 N–H and O–H groups in total. The van der Waals surface area contributed by atoms with Crippen LogP contribution in [0.4, 0.5) is 0 Å². The zero-order valence-electron chi connectivity index (χ0n) is 11.5. The van der Waals surface area contributed by atoms with Crippen LogP contribution >= 0.6 is 11.8 Å². The molecule has 106 valence electrons. The van der Waals surface area contributed by atoms with Crippen molar-refractivity contribution in [2.24, 2.45) is 0 Å². The second kappa shape index (κ2) is 6.47. The first-order chi connectivity index (χ1) is 9.65. The second-order valence-electron chi connectivity index (χ2n) is 3.93. The number of ether oxygens (including phenoxy) is 2. The van der Waals surface area contributed by atoms with Gasteiger partial charge in [0, 0.05) is 4.90 Å². The maximum Gasteiger partial charge on any atom is 0.344 e. The fraction of sp³-hybridized carbons (Fsp3) is 0.286. The first-order valence-electron chi connectivity index (χ1n) is 6.11. The molecule has 0 bridgehead atoms. The first kappa shape index (κ1) is 14.5. The van der Waals surface area contributed by atoms with Gasteiger partial charge in [-0.25, -0.2) is 4.79 Å². The Morgan fingerprint density at radius 1 is 1.35 bits per heavy atom. The molecule has 6 heteroatoms. The summed E-state index contributed by atoms with van der Waals surface area (Å²) in [5, 5.41) is 4.26. The number of esters is 1. The van der Waals surface area contributed by atoms with Gasteiger partial charge in [0.2, 0.25) is 5.09 Å². The van der Waals surface area contributed by atoms with Crippen LogP contribution in [0.1, 0.15) is 23.0 Å². The molecule has 0 atom stereocenters. The summed E-state index contributed by atoms with van der Waals surface area (Å²) in [6, 6.07) is 7.46. The highest BCUT2D eigenvalue weighted by molar-refractivity contribution is 7.99.